The minimum absolute atomic E-state index is 0.00979. The molecule has 0 aliphatic heterocycles. The second kappa shape index (κ2) is 11.2. The van der Waals surface area contributed by atoms with Crippen molar-refractivity contribution in [2.24, 2.45) is 0 Å². The molecule has 3 rings (SSSR count). The van der Waals surface area contributed by atoms with Gasteiger partial charge < -0.3 is 29.6 Å². The molecule has 0 aliphatic carbocycles. The molecule has 0 atom stereocenters. The van der Waals surface area contributed by atoms with E-state index in [0.717, 1.165) is 6.33 Å². The SMILES string of the molecule is COC(=O)c1cc(Nc2ncnc(Nc3cc(Cl)c(OC)cc3OC)c2[N+](=O)[O-])cc(C(=O)OC)c1. The molecule has 0 amide bonds. The topological polar surface area (TPSA) is 164 Å². The molecule has 3 aromatic rings. The number of carbonyl (C=O) groups is 2. The predicted molar refractivity (Wildman–Crippen MR) is 129 cm³/mol. The highest BCUT2D eigenvalue weighted by Gasteiger charge is 2.25. The molecule has 1 aromatic heterocycles. The summed E-state index contributed by atoms with van der Waals surface area (Å²) in [5.41, 5.74) is -0.103. The molecular weight excluding hydrogens is 498 g/mol. The van der Waals surface area contributed by atoms with E-state index in [4.69, 9.17) is 30.5 Å². The zero-order valence-corrected chi connectivity index (χ0v) is 20.2. The van der Waals surface area contributed by atoms with Crippen LogP contribution in [0.5, 0.6) is 11.5 Å². The fourth-order valence-corrected chi connectivity index (χ4v) is 3.37. The average Bonchev–Trinajstić information content (AvgIpc) is 2.87. The van der Waals surface area contributed by atoms with Crippen LogP contribution in [-0.2, 0) is 9.47 Å². The maximum atomic E-state index is 12.1. The third-order valence-corrected chi connectivity index (χ3v) is 5.07. The van der Waals surface area contributed by atoms with Crippen molar-refractivity contribution >= 4 is 52.2 Å². The molecule has 0 unspecified atom stereocenters. The van der Waals surface area contributed by atoms with Crippen molar-refractivity contribution in [2.75, 3.05) is 39.1 Å². The van der Waals surface area contributed by atoms with Crippen LogP contribution in [-0.4, -0.2) is 55.3 Å². The summed E-state index contributed by atoms with van der Waals surface area (Å²) in [6, 6.07) is 6.90. The Bertz CT molecular complexity index is 1300. The Kier molecular flexibility index (Phi) is 8.07. The highest BCUT2D eigenvalue weighted by molar-refractivity contribution is 6.32. The van der Waals surface area contributed by atoms with E-state index >= 15 is 0 Å². The maximum absolute atomic E-state index is 12.1. The normalized spacial score (nSPS) is 10.2. The fourth-order valence-electron chi connectivity index (χ4n) is 3.13. The summed E-state index contributed by atoms with van der Waals surface area (Å²) in [5.74, 6) is -1.25. The lowest BCUT2D eigenvalue weighted by atomic mass is 10.1. The van der Waals surface area contributed by atoms with Crippen LogP contribution in [0, 0.1) is 10.1 Å². The molecule has 1 heterocycles. The van der Waals surface area contributed by atoms with E-state index in [9.17, 15) is 19.7 Å². The van der Waals surface area contributed by atoms with Gasteiger partial charge in [0.15, 0.2) is 0 Å². The third-order valence-electron chi connectivity index (χ3n) is 4.77. The largest absolute Gasteiger partial charge is 0.495 e. The molecular formula is C22H20ClN5O8. The van der Waals surface area contributed by atoms with Gasteiger partial charge in [-0.2, -0.15) is 0 Å². The minimum Gasteiger partial charge on any atom is -0.495 e. The Morgan fingerprint density at radius 1 is 0.861 bits per heavy atom. The summed E-state index contributed by atoms with van der Waals surface area (Å²) in [4.78, 5) is 43.4. The molecule has 0 spiro atoms. The number of halogens is 1. The molecule has 188 valence electrons. The van der Waals surface area contributed by atoms with Gasteiger partial charge in [0.05, 0.1) is 55.2 Å². The van der Waals surface area contributed by atoms with Crippen molar-refractivity contribution < 1.29 is 33.5 Å². The second-order valence-corrected chi connectivity index (χ2v) is 7.30. The molecule has 2 aromatic carbocycles. The first-order valence-corrected chi connectivity index (χ1v) is 10.4. The van der Waals surface area contributed by atoms with Crippen LogP contribution in [0.2, 0.25) is 5.02 Å². The first-order valence-electron chi connectivity index (χ1n) is 9.99. The van der Waals surface area contributed by atoms with Gasteiger partial charge in [-0.3, -0.25) is 10.1 Å². The zero-order valence-electron chi connectivity index (χ0n) is 19.4. The van der Waals surface area contributed by atoms with Gasteiger partial charge in [0, 0.05) is 11.8 Å². The zero-order chi connectivity index (χ0) is 26.4. The van der Waals surface area contributed by atoms with Gasteiger partial charge in [-0.25, -0.2) is 19.6 Å². The summed E-state index contributed by atoms with van der Waals surface area (Å²) < 4.78 is 19.9. The number of methoxy groups -OCH3 is 4. The number of nitrogens with one attached hydrogen (secondary N) is 2. The smallest absolute Gasteiger partial charge is 0.353 e. The van der Waals surface area contributed by atoms with Crippen LogP contribution in [0.1, 0.15) is 20.7 Å². The van der Waals surface area contributed by atoms with Gasteiger partial charge in [-0.1, -0.05) is 11.6 Å². The summed E-state index contributed by atoms with van der Waals surface area (Å²) >= 11 is 6.20. The highest BCUT2D eigenvalue weighted by Crippen LogP contribution is 2.40. The van der Waals surface area contributed by atoms with E-state index in [1.807, 2.05) is 0 Å². The standard InChI is InChI=1S/C22H20ClN5O8/c1-33-16-9-17(34-2)15(8-14(16)23)27-20-18(28(31)32)19(24-10-25-20)26-13-6-11(21(29)35-3)5-12(7-13)22(30)36-4/h5-10H,1-4H3,(H2,24,25,26,27). The Balaban J connectivity index is 2.07. The quantitative estimate of drug-likeness (QED) is 0.237. The Hall–Kier alpha value is -4.65. The molecule has 0 radical (unpaired) electrons. The molecule has 0 bridgehead atoms. The highest BCUT2D eigenvalue weighted by atomic mass is 35.5. The van der Waals surface area contributed by atoms with Crippen molar-refractivity contribution in [2.45, 2.75) is 0 Å². The van der Waals surface area contributed by atoms with Crippen LogP contribution in [0.3, 0.4) is 0 Å². The number of rotatable bonds is 9. The average molecular weight is 518 g/mol. The van der Waals surface area contributed by atoms with Crippen LogP contribution >= 0.6 is 11.6 Å². The number of ether oxygens (including phenoxy) is 4. The van der Waals surface area contributed by atoms with Crippen molar-refractivity contribution in [3.8, 4) is 11.5 Å². The molecule has 13 nitrogen and oxygen atoms in total. The molecule has 0 fully saturated rings. The number of carbonyl (C=O) groups excluding carboxylic acids is 2. The van der Waals surface area contributed by atoms with Crippen LogP contribution in [0.15, 0.2) is 36.7 Å². The van der Waals surface area contributed by atoms with E-state index in [-0.39, 0.29) is 44.9 Å². The minimum atomic E-state index is -0.730. The van der Waals surface area contributed by atoms with Gasteiger partial charge >= 0.3 is 17.6 Å². The number of hydrogen-bond donors (Lipinski definition) is 2. The van der Waals surface area contributed by atoms with Crippen molar-refractivity contribution in [3.63, 3.8) is 0 Å². The van der Waals surface area contributed by atoms with Gasteiger partial charge in [-0.05, 0) is 24.3 Å². The van der Waals surface area contributed by atoms with E-state index in [1.165, 1.54) is 58.8 Å². The van der Waals surface area contributed by atoms with Gasteiger partial charge in [0.25, 0.3) is 0 Å². The third kappa shape index (κ3) is 5.52. The number of nitro groups is 1. The van der Waals surface area contributed by atoms with E-state index < -0.39 is 22.5 Å². The molecule has 0 aliphatic rings. The van der Waals surface area contributed by atoms with Gasteiger partial charge in [0.1, 0.15) is 17.8 Å². The van der Waals surface area contributed by atoms with E-state index in [2.05, 4.69) is 20.6 Å². The summed E-state index contributed by atoms with van der Waals surface area (Å²) in [6.07, 6.45) is 1.08. The Labute approximate surface area is 209 Å². The summed E-state index contributed by atoms with van der Waals surface area (Å²) in [6.45, 7) is 0. The number of benzene rings is 2. The molecule has 0 saturated carbocycles. The molecule has 2 N–H and O–H groups in total. The fraction of sp³-hybridized carbons (Fsp3) is 0.182. The number of anilines is 4. The van der Waals surface area contributed by atoms with Crippen molar-refractivity contribution in [1.29, 1.82) is 0 Å². The molecule has 0 saturated heterocycles. The lowest BCUT2D eigenvalue weighted by molar-refractivity contribution is -0.383. The number of aromatic nitrogens is 2. The summed E-state index contributed by atoms with van der Waals surface area (Å²) in [7, 11) is 5.19. The van der Waals surface area contributed by atoms with Crippen LogP contribution in [0.25, 0.3) is 0 Å². The first kappa shape index (κ1) is 26.0. The van der Waals surface area contributed by atoms with Crippen LogP contribution in [0.4, 0.5) is 28.7 Å². The van der Waals surface area contributed by atoms with E-state index in [1.54, 1.807) is 0 Å². The number of esters is 2. The van der Waals surface area contributed by atoms with Gasteiger partial charge in [-0.15, -0.1) is 0 Å². The predicted octanol–water partition coefficient (Wildman–Crippen LogP) is 4.12. The lowest BCUT2D eigenvalue weighted by Gasteiger charge is -2.14. The molecule has 14 heteroatoms. The second-order valence-electron chi connectivity index (χ2n) is 6.90. The monoisotopic (exact) mass is 517 g/mol. The lowest BCUT2D eigenvalue weighted by Crippen LogP contribution is -2.09. The van der Waals surface area contributed by atoms with Crippen LogP contribution < -0.4 is 20.1 Å². The number of hydrogen-bond acceptors (Lipinski definition) is 12. The number of nitrogens with zero attached hydrogens (tertiary/aromatic N) is 3. The molecule has 36 heavy (non-hydrogen) atoms. The van der Waals surface area contributed by atoms with Crippen molar-refractivity contribution in [1.82, 2.24) is 9.97 Å². The van der Waals surface area contributed by atoms with E-state index in [0.29, 0.717) is 5.75 Å². The van der Waals surface area contributed by atoms with Crippen molar-refractivity contribution in [3.05, 3.63) is 62.9 Å². The Morgan fingerprint density at radius 3 is 1.92 bits per heavy atom. The maximum Gasteiger partial charge on any atom is 0.353 e. The Morgan fingerprint density at radius 2 is 1.42 bits per heavy atom. The first-order chi connectivity index (χ1) is 17.2. The van der Waals surface area contributed by atoms with Gasteiger partial charge in [0.2, 0.25) is 11.6 Å². The summed E-state index contributed by atoms with van der Waals surface area (Å²) in [5, 5.41) is 17.8.